The Labute approximate surface area is 118 Å². The highest BCUT2D eigenvalue weighted by Gasteiger charge is 2.12. The van der Waals surface area contributed by atoms with Gasteiger partial charge in [-0.2, -0.15) is 0 Å². The van der Waals surface area contributed by atoms with E-state index in [1.165, 1.54) is 13.0 Å². The van der Waals surface area contributed by atoms with Crippen molar-refractivity contribution in [1.29, 1.82) is 0 Å². The SMILES string of the molecule is CC(=O)Nc1nc2ccc(-c3ccc(C(=O)O)o3)cc2[nH]1. The standard InChI is InChI=1S/C14H11N3O4/c1-7(18)15-14-16-9-3-2-8(6-10(9)17-14)11-4-5-12(21-11)13(19)20/h2-6H,1H3,(H,19,20)(H2,15,16,17,18). The molecule has 0 aliphatic heterocycles. The Hall–Kier alpha value is -3.09. The van der Waals surface area contributed by atoms with Crippen LogP contribution in [0.2, 0.25) is 0 Å². The van der Waals surface area contributed by atoms with Gasteiger partial charge in [0.2, 0.25) is 17.6 Å². The third kappa shape index (κ3) is 2.48. The van der Waals surface area contributed by atoms with Crippen LogP contribution in [0.25, 0.3) is 22.4 Å². The number of furan rings is 1. The zero-order valence-electron chi connectivity index (χ0n) is 11.0. The summed E-state index contributed by atoms with van der Waals surface area (Å²) in [6.07, 6.45) is 0. The van der Waals surface area contributed by atoms with Crippen molar-refractivity contribution in [3.05, 3.63) is 36.1 Å². The van der Waals surface area contributed by atoms with Gasteiger partial charge in [-0.1, -0.05) is 0 Å². The molecule has 0 saturated carbocycles. The number of carboxylic acids is 1. The third-order valence-corrected chi connectivity index (χ3v) is 2.88. The maximum Gasteiger partial charge on any atom is 0.371 e. The van der Waals surface area contributed by atoms with E-state index in [4.69, 9.17) is 9.52 Å². The molecule has 21 heavy (non-hydrogen) atoms. The summed E-state index contributed by atoms with van der Waals surface area (Å²) >= 11 is 0. The minimum absolute atomic E-state index is 0.117. The fraction of sp³-hybridized carbons (Fsp3) is 0.0714. The van der Waals surface area contributed by atoms with Gasteiger partial charge in [-0.25, -0.2) is 9.78 Å². The van der Waals surface area contributed by atoms with E-state index < -0.39 is 5.97 Å². The number of carbonyl (C=O) groups excluding carboxylic acids is 1. The molecule has 7 nitrogen and oxygen atoms in total. The molecular formula is C14H11N3O4. The number of fused-ring (bicyclic) bond motifs is 1. The molecule has 3 N–H and O–H groups in total. The number of H-pyrrole nitrogens is 1. The van der Waals surface area contributed by atoms with Gasteiger partial charge in [-0.15, -0.1) is 0 Å². The van der Waals surface area contributed by atoms with E-state index in [1.807, 2.05) is 0 Å². The summed E-state index contributed by atoms with van der Waals surface area (Å²) < 4.78 is 5.25. The van der Waals surface area contributed by atoms with E-state index in [1.54, 1.807) is 24.3 Å². The van der Waals surface area contributed by atoms with Crippen LogP contribution in [0, 0.1) is 0 Å². The fourth-order valence-electron chi connectivity index (χ4n) is 2.00. The number of aromatic amines is 1. The summed E-state index contributed by atoms with van der Waals surface area (Å²) in [5.74, 6) is -0.637. The van der Waals surface area contributed by atoms with Crippen molar-refractivity contribution in [2.24, 2.45) is 0 Å². The first-order valence-corrected chi connectivity index (χ1v) is 6.14. The molecule has 0 spiro atoms. The highest BCUT2D eigenvalue weighted by Crippen LogP contribution is 2.26. The summed E-state index contributed by atoms with van der Waals surface area (Å²) in [5.41, 5.74) is 2.12. The van der Waals surface area contributed by atoms with Crippen molar-refractivity contribution in [1.82, 2.24) is 9.97 Å². The molecule has 1 aromatic carbocycles. The Bertz CT molecular complexity index is 847. The molecule has 1 amide bonds. The molecule has 3 rings (SSSR count). The normalized spacial score (nSPS) is 10.7. The number of hydrogen-bond acceptors (Lipinski definition) is 4. The van der Waals surface area contributed by atoms with Crippen LogP contribution in [0.4, 0.5) is 5.95 Å². The van der Waals surface area contributed by atoms with Gasteiger partial charge in [0, 0.05) is 12.5 Å². The molecule has 0 unspecified atom stereocenters. The molecule has 0 aliphatic carbocycles. The second kappa shape index (κ2) is 4.78. The zero-order valence-corrected chi connectivity index (χ0v) is 11.0. The van der Waals surface area contributed by atoms with Crippen molar-refractivity contribution in [2.45, 2.75) is 6.92 Å². The van der Waals surface area contributed by atoms with Gasteiger partial charge in [0.15, 0.2) is 0 Å². The quantitative estimate of drug-likeness (QED) is 0.685. The summed E-state index contributed by atoms with van der Waals surface area (Å²) in [6.45, 7) is 1.40. The number of aromatic carboxylic acids is 1. The summed E-state index contributed by atoms with van der Waals surface area (Å²) in [7, 11) is 0. The van der Waals surface area contributed by atoms with Crippen LogP contribution in [0.5, 0.6) is 0 Å². The van der Waals surface area contributed by atoms with Crippen LogP contribution in [-0.4, -0.2) is 27.0 Å². The Kier molecular flexibility index (Phi) is 2.94. The van der Waals surface area contributed by atoms with Gasteiger partial charge in [0.25, 0.3) is 0 Å². The molecule has 7 heteroatoms. The largest absolute Gasteiger partial charge is 0.475 e. The lowest BCUT2D eigenvalue weighted by Crippen LogP contribution is -2.06. The first-order chi connectivity index (χ1) is 10.0. The minimum Gasteiger partial charge on any atom is -0.475 e. The molecular weight excluding hydrogens is 274 g/mol. The number of carboxylic acid groups (broad SMARTS) is 1. The van der Waals surface area contributed by atoms with Crippen molar-refractivity contribution < 1.29 is 19.1 Å². The molecule has 0 bridgehead atoms. The van der Waals surface area contributed by atoms with Gasteiger partial charge in [-0.05, 0) is 30.3 Å². The first-order valence-electron chi connectivity index (χ1n) is 6.14. The van der Waals surface area contributed by atoms with E-state index in [-0.39, 0.29) is 11.7 Å². The average molecular weight is 285 g/mol. The monoisotopic (exact) mass is 285 g/mol. The molecule has 0 atom stereocenters. The van der Waals surface area contributed by atoms with E-state index >= 15 is 0 Å². The highest BCUT2D eigenvalue weighted by atomic mass is 16.4. The molecule has 0 aliphatic rings. The van der Waals surface area contributed by atoms with Gasteiger partial charge >= 0.3 is 5.97 Å². The smallest absolute Gasteiger partial charge is 0.371 e. The molecule has 2 heterocycles. The Morgan fingerprint density at radius 2 is 2.10 bits per heavy atom. The summed E-state index contributed by atoms with van der Waals surface area (Å²) in [6, 6.07) is 8.30. The Balaban J connectivity index is 1.99. The number of nitrogens with zero attached hydrogens (tertiary/aromatic N) is 1. The number of imidazole rings is 1. The van der Waals surface area contributed by atoms with E-state index in [0.29, 0.717) is 28.3 Å². The minimum atomic E-state index is -1.11. The van der Waals surface area contributed by atoms with Gasteiger partial charge < -0.3 is 14.5 Å². The Morgan fingerprint density at radius 1 is 1.29 bits per heavy atom. The number of anilines is 1. The van der Waals surface area contributed by atoms with Gasteiger partial charge in [0.1, 0.15) is 5.76 Å². The maximum atomic E-state index is 11.0. The lowest BCUT2D eigenvalue weighted by Gasteiger charge is -1.96. The lowest BCUT2D eigenvalue weighted by atomic mass is 10.1. The number of benzene rings is 1. The average Bonchev–Trinajstić information content (AvgIpc) is 3.02. The molecule has 106 valence electrons. The Morgan fingerprint density at radius 3 is 2.76 bits per heavy atom. The number of hydrogen-bond donors (Lipinski definition) is 3. The number of rotatable bonds is 3. The zero-order chi connectivity index (χ0) is 15.0. The van der Waals surface area contributed by atoms with E-state index in [2.05, 4.69) is 15.3 Å². The number of amides is 1. The van der Waals surface area contributed by atoms with Crippen molar-refractivity contribution >= 4 is 28.9 Å². The summed E-state index contributed by atoms with van der Waals surface area (Å²) in [5, 5.41) is 11.4. The lowest BCUT2D eigenvalue weighted by molar-refractivity contribution is -0.114. The first kappa shape index (κ1) is 12.9. The highest BCUT2D eigenvalue weighted by molar-refractivity contribution is 5.90. The van der Waals surface area contributed by atoms with Crippen molar-refractivity contribution in [3.63, 3.8) is 0 Å². The van der Waals surface area contributed by atoms with Crippen molar-refractivity contribution in [3.8, 4) is 11.3 Å². The molecule has 0 fully saturated rings. The third-order valence-electron chi connectivity index (χ3n) is 2.88. The van der Waals surface area contributed by atoms with Crippen LogP contribution < -0.4 is 5.32 Å². The predicted octanol–water partition coefficient (Wildman–Crippen LogP) is 2.48. The predicted molar refractivity (Wildman–Crippen MR) is 75.1 cm³/mol. The second-order valence-corrected chi connectivity index (χ2v) is 4.47. The van der Waals surface area contributed by atoms with Crippen molar-refractivity contribution in [2.75, 3.05) is 5.32 Å². The van der Waals surface area contributed by atoms with E-state index in [0.717, 1.165) is 0 Å². The van der Waals surface area contributed by atoms with Crippen LogP contribution in [0.15, 0.2) is 34.7 Å². The van der Waals surface area contributed by atoms with E-state index in [9.17, 15) is 9.59 Å². The molecule has 0 saturated heterocycles. The maximum absolute atomic E-state index is 11.0. The fourth-order valence-corrected chi connectivity index (χ4v) is 2.00. The number of aromatic nitrogens is 2. The van der Waals surface area contributed by atoms with Crippen LogP contribution in [-0.2, 0) is 4.79 Å². The topological polar surface area (TPSA) is 108 Å². The molecule has 3 aromatic rings. The number of nitrogens with one attached hydrogen (secondary N) is 2. The van der Waals surface area contributed by atoms with Gasteiger partial charge in [0.05, 0.1) is 11.0 Å². The van der Waals surface area contributed by atoms with Gasteiger partial charge in [-0.3, -0.25) is 10.1 Å². The van der Waals surface area contributed by atoms with Crippen LogP contribution in [0.3, 0.4) is 0 Å². The van der Waals surface area contributed by atoms with Crippen LogP contribution >= 0.6 is 0 Å². The number of carbonyl (C=O) groups is 2. The molecule has 2 aromatic heterocycles. The summed E-state index contributed by atoms with van der Waals surface area (Å²) in [4.78, 5) is 29.0. The molecule has 0 radical (unpaired) electrons. The second-order valence-electron chi connectivity index (χ2n) is 4.47. The van der Waals surface area contributed by atoms with Crippen LogP contribution in [0.1, 0.15) is 17.5 Å².